The number of aromatic nitrogens is 5. The number of nitrogens with zero attached hydrogens (tertiary/aromatic N) is 5. The lowest BCUT2D eigenvalue weighted by molar-refractivity contribution is 0.462. The summed E-state index contributed by atoms with van der Waals surface area (Å²) in [6, 6.07) is 7.91. The highest BCUT2D eigenvalue weighted by molar-refractivity contribution is 7.98. The SMILES string of the molecule is Fc1ccc2oc(CSc3nnnn3Cc3ccco3)nc2c1. The van der Waals surface area contributed by atoms with Gasteiger partial charge in [-0.15, -0.1) is 5.10 Å². The van der Waals surface area contributed by atoms with Crippen LogP contribution in [0.15, 0.2) is 50.6 Å². The van der Waals surface area contributed by atoms with E-state index in [0.29, 0.717) is 34.4 Å². The molecular weight excluding hydrogens is 321 g/mol. The third kappa shape index (κ3) is 2.95. The highest BCUT2D eigenvalue weighted by Crippen LogP contribution is 2.23. The van der Waals surface area contributed by atoms with E-state index in [0.717, 1.165) is 5.76 Å². The fourth-order valence-electron chi connectivity index (χ4n) is 2.09. The van der Waals surface area contributed by atoms with E-state index in [1.54, 1.807) is 17.0 Å². The molecule has 0 radical (unpaired) electrons. The second-order valence-electron chi connectivity index (χ2n) is 4.71. The molecule has 9 heteroatoms. The zero-order chi connectivity index (χ0) is 15.6. The summed E-state index contributed by atoms with van der Waals surface area (Å²) in [6.45, 7) is 0.446. The van der Waals surface area contributed by atoms with Crippen molar-refractivity contribution in [2.45, 2.75) is 17.5 Å². The smallest absolute Gasteiger partial charge is 0.210 e. The third-order valence-corrected chi connectivity index (χ3v) is 4.05. The molecule has 4 aromatic rings. The average Bonchev–Trinajstić information content (AvgIpc) is 3.26. The number of hydrogen-bond donors (Lipinski definition) is 0. The molecule has 0 aliphatic carbocycles. The molecule has 0 N–H and O–H groups in total. The van der Waals surface area contributed by atoms with Crippen molar-refractivity contribution in [1.82, 2.24) is 25.2 Å². The van der Waals surface area contributed by atoms with Gasteiger partial charge in [0.15, 0.2) is 5.58 Å². The van der Waals surface area contributed by atoms with Crippen molar-refractivity contribution in [3.63, 3.8) is 0 Å². The van der Waals surface area contributed by atoms with Crippen LogP contribution in [0.5, 0.6) is 0 Å². The van der Waals surface area contributed by atoms with Gasteiger partial charge in [-0.3, -0.25) is 0 Å². The zero-order valence-corrected chi connectivity index (χ0v) is 12.5. The lowest BCUT2D eigenvalue weighted by Crippen LogP contribution is -2.03. The molecule has 7 nitrogen and oxygen atoms in total. The largest absolute Gasteiger partial charge is 0.467 e. The number of hydrogen-bond acceptors (Lipinski definition) is 7. The van der Waals surface area contributed by atoms with Gasteiger partial charge in [-0.2, -0.15) is 0 Å². The Balaban J connectivity index is 1.49. The maximum absolute atomic E-state index is 13.2. The summed E-state index contributed by atoms with van der Waals surface area (Å²) in [4.78, 5) is 4.25. The summed E-state index contributed by atoms with van der Waals surface area (Å²) in [5, 5.41) is 12.2. The van der Waals surface area contributed by atoms with Crippen molar-refractivity contribution in [2.24, 2.45) is 0 Å². The summed E-state index contributed by atoms with van der Waals surface area (Å²) in [6.07, 6.45) is 1.60. The summed E-state index contributed by atoms with van der Waals surface area (Å²) >= 11 is 1.38. The summed E-state index contributed by atoms with van der Waals surface area (Å²) in [7, 11) is 0. The van der Waals surface area contributed by atoms with Crippen molar-refractivity contribution in [2.75, 3.05) is 0 Å². The van der Waals surface area contributed by atoms with Crippen LogP contribution in [0, 0.1) is 5.82 Å². The van der Waals surface area contributed by atoms with E-state index in [1.807, 2.05) is 12.1 Å². The van der Waals surface area contributed by atoms with Crippen LogP contribution in [0.4, 0.5) is 4.39 Å². The van der Waals surface area contributed by atoms with E-state index in [9.17, 15) is 4.39 Å². The van der Waals surface area contributed by atoms with Gasteiger partial charge in [0.1, 0.15) is 23.6 Å². The number of halogens is 1. The first-order valence-corrected chi connectivity index (χ1v) is 7.73. The highest BCUT2D eigenvalue weighted by atomic mass is 32.2. The predicted octanol–water partition coefficient (Wildman–Crippen LogP) is 2.89. The molecule has 0 atom stereocenters. The van der Waals surface area contributed by atoms with Gasteiger partial charge in [-0.1, -0.05) is 11.8 Å². The molecule has 0 aliphatic heterocycles. The van der Waals surface area contributed by atoms with Gasteiger partial charge in [0, 0.05) is 6.07 Å². The van der Waals surface area contributed by atoms with Gasteiger partial charge in [-0.25, -0.2) is 14.1 Å². The number of benzene rings is 1. The van der Waals surface area contributed by atoms with Gasteiger partial charge in [-0.05, 0) is 34.7 Å². The van der Waals surface area contributed by atoms with E-state index in [1.165, 1.54) is 23.9 Å². The first-order chi connectivity index (χ1) is 11.3. The number of fused-ring (bicyclic) bond motifs is 1. The fraction of sp³-hybridized carbons (Fsp3) is 0.143. The molecule has 0 unspecified atom stereocenters. The second kappa shape index (κ2) is 5.84. The maximum Gasteiger partial charge on any atom is 0.210 e. The Morgan fingerprint density at radius 2 is 2.22 bits per heavy atom. The van der Waals surface area contributed by atoms with Gasteiger partial charge in [0.2, 0.25) is 11.0 Å². The molecule has 3 heterocycles. The minimum atomic E-state index is -0.340. The number of rotatable bonds is 5. The van der Waals surface area contributed by atoms with Crippen LogP contribution >= 0.6 is 11.8 Å². The van der Waals surface area contributed by atoms with Crippen molar-refractivity contribution < 1.29 is 13.2 Å². The van der Waals surface area contributed by atoms with E-state index >= 15 is 0 Å². The Bertz CT molecular complexity index is 934. The lowest BCUT2D eigenvalue weighted by atomic mass is 10.3. The molecule has 0 fully saturated rings. The minimum absolute atomic E-state index is 0.340. The van der Waals surface area contributed by atoms with E-state index < -0.39 is 0 Å². The Hall–Kier alpha value is -2.68. The molecule has 0 amide bonds. The zero-order valence-electron chi connectivity index (χ0n) is 11.7. The van der Waals surface area contributed by atoms with Crippen molar-refractivity contribution in [3.05, 3.63) is 54.1 Å². The average molecular weight is 331 g/mol. The lowest BCUT2D eigenvalue weighted by Gasteiger charge is -2.00. The van der Waals surface area contributed by atoms with Crippen molar-refractivity contribution >= 4 is 22.9 Å². The molecule has 1 aromatic carbocycles. The van der Waals surface area contributed by atoms with E-state index in [4.69, 9.17) is 8.83 Å². The van der Waals surface area contributed by atoms with Crippen LogP contribution in [0.3, 0.4) is 0 Å². The quantitative estimate of drug-likeness (QED) is 0.520. The summed E-state index contributed by atoms with van der Waals surface area (Å²) < 4.78 is 25.6. The van der Waals surface area contributed by atoms with Crippen LogP contribution in [-0.4, -0.2) is 25.2 Å². The van der Waals surface area contributed by atoms with Crippen LogP contribution < -0.4 is 0 Å². The molecule has 3 aromatic heterocycles. The monoisotopic (exact) mass is 331 g/mol. The normalized spacial score (nSPS) is 11.3. The Morgan fingerprint density at radius 3 is 3.09 bits per heavy atom. The molecule has 116 valence electrons. The number of tetrazole rings is 1. The van der Waals surface area contributed by atoms with Gasteiger partial charge in [0.05, 0.1) is 12.0 Å². The first-order valence-electron chi connectivity index (χ1n) is 6.74. The molecule has 0 saturated carbocycles. The standard InChI is InChI=1S/C14H10FN5O2S/c15-9-3-4-12-11(6-9)16-13(22-12)8-23-14-17-18-19-20(14)7-10-2-1-5-21-10/h1-6H,7-8H2. The van der Waals surface area contributed by atoms with Crippen LogP contribution in [-0.2, 0) is 12.3 Å². The van der Waals surface area contributed by atoms with Crippen LogP contribution in [0.2, 0.25) is 0 Å². The van der Waals surface area contributed by atoms with Gasteiger partial charge < -0.3 is 8.83 Å². The van der Waals surface area contributed by atoms with Gasteiger partial charge in [0.25, 0.3) is 0 Å². The Kier molecular flexibility index (Phi) is 3.54. The second-order valence-corrected chi connectivity index (χ2v) is 5.65. The molecule has 4 rings (SSSR count). The molecule has 23 heavy (non-hydrogen) atoms. The Morgan fingerprint density at radius 1 is 1.26 bits per heavy atom. The van der Waals surface area contributed by atoms with E-state index in [2.05, 4.69) is 20.5 Å². The molecule has 0 aliphatic rings. The molecular formula is C14H10FN5O2S. The molecule has 0 bridgehead atoms. The van der Waals surface area contributed by atoms with Crippen LogP contribution in [0.25, 0.3) is 11.1 Å². The number of oxazole rings is 1. The van der Waals surface area contributed by atoms with Crippen molar-refractivity contribution in [3.8, 4) is 0 Å². The van der Waals surface area contributed by atoms with Crippen molar-refractivity contribution in [1.29, 1.82) is 0 Å². The van der Waals surface area contributed by atoms with E-state index in [-0.39, 0.29) is 5.82 Å². The topological polar surface area (TPSA) is 82.8 Å². The first kappa shape index (κ1) is 13.9. The number of thioether (sulfide) groups is 1. The van der Waals surface area contributed by atoms with Gasteiger partial charge >= 0.3 is 0 Å². The predicted molar refractivity (Wildman–Crippen MR) is 79.2 cm³/mol. The minimum Gasteiger partial charge on any atom is -0.467 e. The maximum atomic E-state index is 13.2. The highest BCUT2D eigenvalue weighted by Gasteiger charge is 2.12. The van der Waals surface area contributed by atoms with Crippen LogP contribution in [0.1, 0.15) is 11.7 Å². The number of furan rings is 1. The summed E-state index contributed by atoms with van der Waals surface area (Å²) in [5.74, 6) is 1.35. The summed E-state index contributed by atoms with van der Waals surface area (Å²) in [5.41, 5.74) is 1.05. The fourth-order valence-corrected chi connectivity index (χ4v) is 2.81. The molecule has 0 spiro atoms. The third-order valence-electron chi connectivity index (χ3n) is 3.10. The Labute approximate surface area is 133 Å². The molecule has 0 saturated heterocycles.